The molecule has 0 aliphatic heterocycles. The first-order valence-electron chi connectivity index (χ1n) is 11.1. The van der Waals surface area contributed by atoms with Crippen molar-refractivity contribution in [2.45, 2.75) is 102 Å². The Morgan fingerprint density at radius 1 is 1.00 bits per heavy atom. The first-order chi connectivity index (χ1) is 14.5. The van der Waals surface area contributed by atoms with Crippen LogP contribution in [0.4, 0.5) is 13.2 Å². The lowest BCUT2D eigenvalue weighted by Gasteiger charge is -2.34. The van der Waals surface area contributed by atoms with Gasteiger partial charge in [-0.25, -0.2) is 4.79 Å². The van der Waals surface area contributed by atoms with Crippen LogP contribution in [0.15, 0.2) is 30.3 Å². The zero-order valence-electron chi connectivity index (χ0n) is 19.1. The van der Waals surface area contributed by atoms with Crippen molar-refractivity contribution in [1.82, 2.24) is 0 Å². The molecule has 0 amide bonds. The minimum absolute atomic E-state index is 0.274. The van der Waals surface area contributed by atoms with Crippen LogP contribution in [0.5, 0.6) is 0 Å². The Balaban J connectivity index is 3.00. The fourth-order valence-electron chi connectivity index (χ4n) is 3.55. The zero-order valence-corrected chi connectivity index (χ0v) is 19.1. The Kier molecular flexibility index (Phi) is 11.0. The molecule has 31 heavy (non-hydrogen) atoms. The Morgan fingerprint density at radius 2 is 1.58 bits per heavy atom. The molecule has 1 rings (SSSR count). The second kappa shape index (κ2) is 12.4. The molecule has 0 saturated heterocycles. The largest absolute Gasteiger partial charge is 0.460 e. The number of hydrogen-bond acceptors (Lipinski definition) is 4. The summed E-state index contributed by atoms with van der Waals surface area (Å²) in [5, 5.41) is 10.0. The average molecular weight is 447 g/mol. The van der Waals surface area contributed by atoms with Gasteiger partial charge in [-0.05, 0) is 39.5 Å². The summed E-state index contributed by atoms with van der Waals surface area (Å²) >= 11 is 0. The van der Waals surface area contributed by atoms with Gasteiger partial charge in [-0.3, -0.25) is 0 Å². The molecule has 0 bridgehead atoms. The standard InChI is InChI=1S/C24H37F3O4/c1-5-6-7-8-9-13-16-20(17-18-22(2,3)29)31-21(28)23(30-4,24(25,26)27)19-14-11-10-12-15-19/h10-12,14-15,20,29H,5-9,13,16-18H2,1-4H3/t20-,23?/m0/s1. The number of benzene rings is 1. The molecule has 7 heteroatoms. The Hall–Kier alpha value is -1.60. The van der Waals surface area contributed by atoms with Crippen LogP contribution in [0.1, 0.15) is 84.1 Å². The molecule has 0 aliphatic carbocycles. The lowest BCUT2D eigenvalue weighted by atomic mass is 9.92. The number of halogens is 3. The maximum absolute atomic E-state index is 14.1. The van der Waals surface area contributed by atoms with Gasteiger partial charge in [-0.1, -0.05) is 69.4 Å². The molecule has 4 nitrogen and oxygen atoms in total. The van der Waals surface area contributed by atoms with E-state index in [0.717, 1.165) is 45.6 Å². The molecule has 0 radical (unpaired) electrons. The Bertz CT molecular complexity index is 640. The van der Waals surface area contributed by atoms with Gasteiger partial charge in [-0.2, -0.15) is 13.2 Å². The van der Waals surface area contributed by atoms with Gasteiger partial charge in [0, 0.05) is 12.7 Å². The minimum Gasteiger partial charge on any atom is -0.460 e. The maximum atomic E-state index is 14.1. The summed E-state index contributed by atoms with van der Waals surface area (Å²) in [6.07, 6.45) is 1.38. The van der Waals surface area contributed by atoms with E-state index < -0.39 is 29.5 Å². The normalized spacial score (nSPS) is 15.4. The van der Waals surface area contributed by atoms with Crippen molar-refractivity contribution < 1.29 is 32.5 Å². The van der Waals surface area contributed by atoms with E-state index in [9.17, 15) is 23.1 Å². The number of carbonyl (C=O) groups excluding carboxylic acids is 1. The smallest absolute Gasteiger partial charge is 0.432 e. The highest BCUT2D eigenvalue weighted by Gasteiger charge is 2.64. The van der Waals surface area contributed by atoms with Gasteiger partial charge < -0.3 is 14.6 Å². The molecule has 0 spiro atoms. The molecule has 0 aromatic heterocycles. The molecule has 1 aromatic carbocycles. The number of unbranched alkanes of at least 4 members (excludes halogenated alkanes) is 5. The van der Waals surface area contributed by atoms with Crippen LogP contribution in [0.2, 0.25) is 0 Å². The number of hydrogen-bond donors (Lipinski definition) is 1. The topological polar surface area (TPSA) is 55.8 Å². The number of esters is 1. The average Bonchev–Trinajstić information content (AvgIpc) is 2.68. The monoisotopic (exact) mass is 446 g/mol. The number of carbonyl (C=O) groups is 1. The molecule has 0 fully saturated rings. The third-order valence-corrected chi connectivity index (χ3v) is 5.40. The van der Waals surface area contributed by atoms with Gasteiger partial charge in [0.15, 0.2) is 0 Å². The van der Waals surface area contributed by atoms with Crippen LogP contribution in [0.3, 0.4) is 0 Å². The van der Waals surface area contributed by atoms with E-state index in [4.69, 9.17) is 9.47 Å². The van der Waals surface area contributed by atoms with E-state index in [-0.39, 0.29) is 12.0 Å². The van der Waals surface area contributed by atoms with Gasteiger partial charge in [0.05, 0.1) is 5.60 Å². The lowest BCUT2D eigenvalue weighted by Crippen LogP contribution is -2.52. The van der Waals surface area contributed by atoms with E-state index in [0.29, 0.717) is 12.8 Å². The summed E-state index contributed by atoms with van der Waals surface area (Å²) in [5.74, 6) is -1.47. The van der Waals surface area contributed by atoms with E-state index in [1.165, 1.54) is 24.3 Å². The molecule has 0 heterocycles. The van der Waals surface area contributed by atoms with Crippen LogP contribution in [-0.4, -0.2) is 36.1 Å². The van der Waals surface area contributed by atoms with E-state index in [2.05, 4.69) is 6.92 Å². The van der Waals surface area contributed by atoms with Gasteiger partial charge in [-0.15, -0.1) is 0 Å². The third-order valence-electron chi connectivity index (χ3n) is 5.40. The molecule has 1 N–H and O–H groups in total. The summed E-state index contributed by atoms with van der Waals surface area (Å²) < 4.78 is 52.5. The number of alkyl halides is 3. The molecular formula is C24H37F3O4. The molecule has 2 atom stereocenters. The maximum Gasteiger partial charge on any atom is 0.432 e. The summed E-state index contributed by atoms with van der Waals surface area (Å²) in [5.41, 5.74) is -4.52. The molecule has 0 aliphatic rings. The van der Waals surface area contributed by atoms with Crippen molar-refractivity contribution in [2.75, 3.05) is 7.11 Å². The molecule has 178 valence electrons. The van der Waals surface area contributed by atoms with Crippen molar-refractivity contribution in [3.63, 3.8) is 0 Å². The second-order valence-electron chi connectivity index (χ2n) is 8.68. The highest BCUT2D eigenvalue weighted by atomic mass is 19.4. The summed E-state index contributed by atoms with van der Waals surface area (Å²) in [7, 11) is 0.862. The van der Waals surface area contributed by atoms with Crippen LogP contribution in [-0.2, 0) is 19.9 Å². The van der Waals surface area contributed by atoms with Gasteiger partial charge >= 0.3 is 12.1 Å². The fourth-order valence-corrected chi connectivity index (χ4v) is 3.55. The Labute approximate surface area is 184 Å². The third kappa shape index (κ3) is 8.45. The first-order valence-corrected chi connectivity index (χ1v) is 11.1. The fraction of sp³-hybridized carbons (Fsp3) is 0.708. The van der Waals surface area contributed by atoms with Crippen LogP contribution < -0.4 is 0 Å². The van der Waals surface area contributed by atoms with E-state index >= 15 is 0 Å². The molecule has 1 aromatic rings. The van der Waals surface area contributed by atoms with Crippen molar-refractivity contribution >= 4 is 5.97 Å². The predicted molar refractivity (Wildman–Crippen MR) is 115 cm³/mol. The number of rotatable bonds is 14. The van der Waals surface area contributed by atoms with Gasteiger partial charge in [0.25, 0.3) is 5.60 Å². The highest BCUT2D eigenvalue weighted by molar-refractivity contribution is 5.82. The van der Waals surface area contributed by atoms with E-state index in [1.807, 2.05) is 0 Å². The van der Waals surface area contributed by atoms with Crippen LogP contribution >= 0.6 is 0 Å². The van der Waals surface area contributed by atoms with Gasteiger partial charge in [0.1, 0.15) is 6.10 Å². The number of methoxy groups -OCH3 is 1. The van der Waals surface area contributed by atoms with Crippen molar-refractivity contribution in [2.24, 2.45) is 0 Å². The summed E-state index contributed by atoms with van der Waals surface area (Å²) in [4.78, 5) is 12.9. The zero-order chi connectivity index (χ0) is 23.5. The van der Waals surface area contributed by atoms with Crippen LogP contribution in [0, 0.1) is 0 Å². The van der Waals surface area contributed by atoms with E-state index in [1.54, 1.807) is 19.9 Å². The molecular weight excluding hydrogens is 409 g/mol. The first kappa shape index (κ1) is 27.4. The van der Waals surface area contributed by atoms with Crippen LogP contribution in [0.25, 0.3) is 0 Å². The number of aliphatic hydroxyl groups is 1. The summed E-state index contributed by atoms with van der Waals surface area (Å²) in [6, 6.07) is 6.82. The Morgan fingerprint density at radius 3 is 2.10 bits per heavy atom. The second-order valence-corrected chi connectivity index (χ2v) is 8.68. The molecule has 1 unspecified atom stereocenters. The van der Waals surface area contributed by atoms with Crippen molar-refractivity contribution in [3.05, 3.63) is 35.9 Å². The quantitative estimate of drug-likeness (QED) is 0.269. The SMILES string of the molecule is CCCCCCCC[C@@H](CCC(C)(C)O)OC(=O)C(OC)(c1ccccc1)C(F)(F)F. The molecule has 0 saturated carbocycles. The number of ether oxygens (including phenoxy) is 2. The van der Waals surface area contributed by atoms with Crippen molar-refractivity contribution in [3.8, 4) is 0 Å². The minimum atomic E-state index is -5.00. The van der Waals surface area contributed by atoms with Gasteiger partial charge in [0.2, 0.25) is 0 Å². The highest BCUT2D eigenvalue weighted by Crippen LogP contribution is 2.43. The van der Waals surface area contributed by atoms with Crippen molar-refractivity contribution in [1.29, 1.82) is 0 Å². The lowest BCUT2D eigenvalue weighted by molar-refractivity contribution is -0.278. The predicted octanol–water partition coefficient (Wildman–Crippen LogP) is 6.30. The summed E-state index contributed by atoms with van der Waals surface area (Å²) in [6.45, 7) is 5.37.